The number of hydrogen-bond acceptors (Lipinski definition) is 5. The lowest BCUT2D eigenvalue weighted by molar-refractivity contribution is -0.141. The largest absolute Gasteiger partial charge is 0.337 e. The Balaban J connectivity index is 1.72. The first kappa shape index (κ1) is 21.1. The van der Waals surface area contributed by atoms with Crippen LogP contribution in [0.3, 0.4) is 0 Å². The molecule has 3 fully saturated rings. The maximum Gasteiger partial charge on any atom is 0.325 e. The molecule has 2 saturated heterocycles. The maximum absolute atomic E-state index is 13.0. The van der Waals surface area contributed by atoms with Gasteiger partial charge in [0.05, 0.1) is 11.5 Å². The summed E-state index contributed by atoms with van der Waals surface area (Å²) in [6, 6.07) is -0.901. The summed E-state index contributed by atoms with van der Waals surface area (Å²) in [4.78, 5) is 41.0. The van der Waals surface area contributed by atoms with E-state index in [4.69, 9.17) is 0 Å². The molecule has 1 saturated carbocycles. The minimum absolute atomic E-state index is 0.0482. The average Bonchev–Trinajstić information content (AvgIpc) is 3.07. The van der Waals surface area contributed by atoms with E-state index in [9.17, 15) is 22.8 Å². The van der Waals surface area contributed by atoms with Crippen LogP contribution in [-0.2, 0) is 19.4 Å². The van der Waals surface area contributed by atoms with Crippen LogP contribution < -0.4 is 5.32 Å². The van der Waals surface area contributed by atoms with E-state index in [0.717, 1.165) is 17.7 Å². The molecule has 1 spiro atoms. The summed E-state index contributed by atoms with van der Waals surface area (Å²) in [5.74, 6) is 0.0254. The van der Waals surface area contributed by atoms with Gasteiger partial charge in [-0.05, 0) is 43.9 Å². The van der Waals surface area contributed by atoms with Gasteiger partial charge in [-0.15, -0.1) is 0 Å². The van der Waals surface area contributed by atoms with E-state index in [2.05, 4.69) is 12.2 Å². The minimum atomic E-state index is -3.14. The molecule has 9 heteroatoms. The number of carbonyl (C=O) groups is 3. The fraction of sp³-hybridized carbons (Fsp3) is 0.842. The number of sulfone groups is 1. The average molecular weight is 414 g/mol. The van der Waals surface area contributed by atoms with Gasteiger partial charge in [0.1, 0.15) is 12.1 Å². The lowest BCUT2D eigenvalue weighted by Crippen LogP contribution is -2.51. The van der Waals surface area contributed by atoms with E-state index in [1.54, 1.807) is 4.90 Å². The number of imide groups is 1. The molecule has 0 unspecified atom stereocenters. The first-order valence-corrected chi connectivity index (χ1v) is 12.0. The summed E-state index contributed by atoms with van der Waals surface area (Å²) in [5, 5.41) is 2.83. The van der Waals surface area contributed by atoms with Crippen molar-refractivity contribution in [2.45, 2.75) is 64.5 Å². The fourth-order valence-electron chi connectivity index (χ4n) is 4.51. The van der Waals surface area contributed by atoms with E-state index < -0.39 is 21.4 Å². The zero-order valence-corrected chi connectivity index (χ0v) is 17.8. The molecule has 1 aliphatic carbocycles. The second-order valence-corrected chi connectivity index (χ2v) is 11.3. The number of carbonyl (C=O) groups excluding carboxylic acids is 3. The summed E-state index contributed by atoms with van der Waals surface area (Å²) < 4.78 is 23.7. The van der Waals surface area contributed by atoms with Crippen LogP contribution in [0.25, 0.3) is 0 Å². The van der Waals surface area contributed by atoms with Crippen LogP contribution in [0.2, 0.25) is 0 Å². The number of nitrogens with zero attached hydrogens (tertiary/aromatic N) is 2. The smallest absolute Gasteiger partial charge is 0.325 e. The van der Waals surface area contributed by atoms with E-state index in [1.807, 2.05) is 13.8 Å². The van der Waals surface area contributed by atoms with Gasteiger partial charge in [0, 0.05) is 12.6 Å². The summed E-state index contributed by atoms with van der Waals surface area (Å²) in [6.45, 7) is 6.12. The third-order valence-electron chi connectivity index (χ3n) is 6.20. The monoisotopic (exact) mass is 413 g/mol. The SMILES string of the molecule is CC(C)CN(C(=O)CN1C(=O)NC2(CCC(C)CC2)C1=O)[C@@H]1CCS(=O)(=O)C1. The summed E-state index contributed by atoms with van der Waals surface area (Å²) >= 11 is 0. The van der Waals surface area contributed by atoms with Gasteiger partial charge < -0.3 is 10.2 Å². The standard InChI is InChI=1S/C19H31N3O5S/c1-13(2)10-21(15-6-9-28(26,27)12-15)16(23)11-22-17(24)19(20-18(22)25)7-4-14(3)5-8-19/h13-15H,4-12H2,1-3H3,(H,20,25)/t14?,15-,19?/m1/s1. The van der Waals surface area contributed by atoms with E-state index in [0.29, 0.717) is 31.7 Å². The Morgan fingerprint density at radius 3 is 2.43 bits per heavy atom. The topological polar surface area (TPSA) is 104 Å². The van der Waals surface area contributed by atoms with Crippen LogP contribution >= 0.6 is 0 Å². The van der Waals surface area contributed by atoms with Crippen molar-refractivity contribution in [2.24, 2.45) is 11.8 Å². The van der Waals surface area contributed by atoms with Gasteiger partial charge in [0.25, 0.3) is 5.91 Å². The Kier molecular flexibility index (Phi) is 5.76. The van der Waals surface area contributed by atoms with Crippen LogP contribution in [0.15, 0.2) is 0 Å². The Labute approximate surface area is 166 Å². The van der Waals surface area contributed by atoms with E-state index in [1.165, 1.54) is 0 Å². The second-order valence-electron chi connectivity index (χ2n) is 9.08. The molecule has 158 valence electrons. The molecule has 8 nitrogen and oxygen atoms in total. The zero-order chi connectivity index (χ0) is 20.7. The molecule has 2 heterocycles. The predicted octanol–water partition coefficient (Wildman–Crippen LogP) is 1.16. The van der Waals surface area contributed by atoms with Gasteiger partial charge in [-0.1, -0.05) is 20.8 Å². The molecule has 3 aliphatic rings. The maximum atomic E-state index is 13.0. The molecule has 1 atom stereocenters. The molecule has 0 aromatic carbocycles. The summed E-state index contributed by atoms with van der Waals surface area (Å²) in [6.07, 6.45) is 3.34. The van der Waals surface area contributed by atoms with Crippen molar-refractivity contribution in [3.8, 4) is 0 Å². The van der Waals surface area contributed by atoms with E-state index >= 15 is 0 Å². The lowest BCUT2D eigenvalue weighted by atomic mass is 9.77. The normalized spacial score (nSPS) is 32.2. The highest BCUT2D eigenvalue weighted by Gasteiger charge is 2.52. The van der Waals surface area contributed by atoms with Crippen molar-refractivity contribution in [3.05, 3.63) is 0 Å². The minimum Gasteiger partial charge on any atom is -0.337 e. The molecule has 0 radical (unpaired) electrons. The Morgan fingerprint density at radius 1 is 1.25 bits per heavy atom. The molecule has 2 aliphatic heterocycles. The summed E-state index contributed by atoms with van der Waals surface area (Å²) in [5.41, 5.74) is -0.872. The highest BCUT2D eigenvalue weighted by atomic mass is 32.2. The van der Waals surface area contributed by atoms with Crippen molar-refractivity contribution < 1.29 is 22.8 Å². The quantitative estimate of drug-likeness (QED) is 0.681. The molecule has 1 N–H and O–H groups in total. The molecule has 0 aromatic rings. The molecule has 0 aromatic heterocycles. The van der Waals surface area contributed by atoms with Crippen molar-refractivity contribution in [3.63, 3.8) is 0 Å². The number of urea groups is 1. The Bertz CT molecular complexity index is 756. The van der Waals surface area contributed by atoms with Crippen molar-refractivity contribution in [2.75, 3.05) is 24.6 Å². The van der Waals surface area contributed by atoms with Crippen LogP contribution in [-0.4, -0.2) is 72.2 Å². The zero-order valence-electron chi connectivity index (χ0n) is 16.9. The van der Waals surface area contributed by atoms with Gasteiger partial charge in [-0.3, -0.25) is 14.5 Å². The van der Waals surface area contributed by atoms with Crippen LogP contribution in [0.1, 0.15) is 52.9 Å². The first-order chi connectivity index (χ1) is 13.0. The van der Waals surface area contributed by atoms with E-state index in [-0.39, 0.29) is 41.8 Å². The molecule has 4 amide bonds. The van der Waals surface area contributed by atoms with Crippen molar-refractivity contribution in [1.82, 2.24) is 15.1 Å². The highest BCUT2D eigenvalue weighted by molar-refractivity contribution is 7.91. The van der Waals surface area contributed by atoms with Gasteiger partial charge in [0.2, 0.25) is 5.91 Å². The number of hydrogen-bond donors (Lipinski definition) is 1. The molecule has 0 bridgehead atoms. The van der Waals surface area contributed by atoms with Gasteiger partial charge >= 0.3 is 6.03 Å². The van der Waals surface area contributed by atoms with Gasteiger partial charge in [0.15, 0.2) is 9.84 Å². The number of amides is 4. The Morgan fingerprint density at radius 2 is 1.89 bits per heavy atom. The number of rotatable bonds is 5. The summed E-state index contributed by atoms with van der Waals surface area (Å²) in [7, 11) is -3.14. The van der Waals surface area contributed by atoms with Crippen LogP contribution in [0.5, 0.6) is 0 Å². The van der Waals surface area contributed by atoms with Crippen LogP contribution in [0, 0.1) is 11.8 Å². The molecule has 28 heavy (non-hydrogen) atoms. The first-order valence-electron chi connectivity index (χ1n) is 10.2. The lowest BCUT2D eigenvalue weighted by Gasteiger charge is -2.34. The molecular formula is C19H31N3O5S. The fourth-order valence-corrected chi connectivity index (χ4v) is 6.24. The Hall–Kier alpha value is -1.64. The van der Waals surface area contributed by atoms with Crippen molar-refractivity contribution >= 4 is 27.7 Å². The highest BCUT2D eigenvalue weighted by Crippen LogP contribution is 2.36. The third kappa shape index (κ3) is 4.18. The molecule has 3 rings (SSSR count). The van der Waals surface area contributed by atoms with Gasteiger partial charge in [-0.2, -0.15) is 0 Å². The van der Waals surface area contributed by atoms with Crippen molar-refractivity contribution in [1.29, 1.82) is 0 Å². The number of nitrogens with one attached hydrogen (secondary N) is 1. The van der Waals surface area contributed by atoms with Crippen LogP contribution in [0.4, 0.5) is 4.79 Å². The second kappa shape index (κ2) is 7.65. The van der Waals surface area contributed by atoms with Gasteiger partial charge in [-0.25, -0.2) is 13.2 Å². The third-order valence-corrected chi connectivity index (χ3v) is 7.95. The predicted molar refractivity (Wildman–Crippen MR) is 104 cm³/mol. The molecular weight excluding hydrogens is 382 g/mol.